The van der Waals surface area contributed by atoms with Gasteiger partial charge in [0, 0.05) is 16.7 Å². The predicted molar refractivity (Wildman–Crippen MR) is 111 cm³/mol. The highest BCUT2D eigenvalue weighted by Gasteiger charge is 2.20. The Morgan fingerprint density at radius 1 is 1.21 bits per heavy atom. The first-order chi connectivity index (χ1) is 13.4. The largest absolute Gasteiger partial charge is 0.495 e. The number of aryl methyl sites for hydroxylation is 2. The van der Waals surface area contributed by atoms with Crippen molar-refractivity contribution in [3.8, 4) is 17.2 Å². The fourth-order valence-corrected chi connectivity index (χ4v) is 3.28. The zero-order valence-electron chi connectivity index (χ0n) is 15.9. The van der Waals surface area contributed by atoms with Crippen molar-refractivity contribution in [3.05, 3.63) is 52.5 Å². The molecule has 0 bridgehead atoms. The summed E-state index contributed by atoms with van der Waals surface area (Å²) in [5.74, 6) is 0.714. The maximum atomic E-state index is 12.6. The summed E-state index contributed by atoms with van der Waals surface area (Å²) in [4.78, 5) is 12.6. The van der Waals surface area contributed by atoms with E-state index in [1.54, 1.807) is 19.1 Å². The number of nitrogens with zero attached hydrogens (tertiary/aromatic N) is 2. The van der Waals surface area contributed by atoms with Gasteiger partial charge in [0.15, 0.2) is 0 Å². The molecule has 0 spiro atoms. The molecule has 8 heteroatoms. The van der Waals surface area contributed by atoms with Crippen molar-refractivity contribution in [2.24, 2.45) is 0 Å². The quantitative estimate of drug-likeness (QED) is 0.560. The van der Waals surface area contributed by atoms with Crippen molar-refractivity contribution in [2.75, 3.05) is 12.4 Å². The molecule has 0 fully saturated rings. The van der Waals surface area contributed by atoms with Crippen molar-refractivity contribution in [1.29, 1.82) is 0 Å². The number of carbonyl (C=O) groups excluding carboxylic acids is 1. The van der Waals surface area contributed by atoms with E-state index < -0.39 is 5.25 Å². The van der Waals surface area contributed by atoms with Crippen LogP contribution < -0.4 is 10.1 Å². The van der Waals surface area contributed by atoms with Crippen LogP contribution in [0, 0.1) is 13.8 Å². The number of aromatic nitrogens is 2. The molecule has 1 aromatic heterocycles. The topological polar surface area (TPSA) is 77.2 Å². The molecule has 0 unspecified atom stereocenters. The molecule has 3 aromatic rings. The lowest BCUT2D eigenvalue weighted by molar-refractivity contribution is -0.115. The van der Waals surface area contributed by atoms with Gasteiger partial charge in [0.2, 0.25) is 11.8 Å². The molecular formula is C20H20ClN3O3S. The minimum atomic E-state index is -0.452. The number of hydrogen-bond donors (Lipinski definition) is 1. The molecule has 0 aliphatic rings. The number of amides is 1. The third kappa shape index (κ3) is 4.66. The summed E-state index contributed by atoms with van der Waals surface area (Å²) < 4.78 is 11.0. The maximum Gasteiger partial charge on any atom is 0.277 e. The van der Waals surface area contributed by atoms with E-state index >= 15 is 0 Å². The lowest BCUT2D eigenvalue weighted by Crippen LogP contribution is -2.22. The number of hydrogen-bond acceptors (Lipinski definition) is 6. The third-order valence-corrected chi connectivity index (χ3v) is 5.43. The number of benzene rings is 2. The van der Waals surface area contributed by atoms with Gasteiger partial charge in [-0.2, -0.15) is 0 Å². The van der Waals surface area contributed by atoms with Gasteiger partial charge < -0.3 is 14.5 Å². The minimum Gasteiger partial charge on any atom is -0.495 e. The lowest BCUT2D eigenvalue weighted by Gasteiger charge is -2.14. The number of ether oxygens (including phenoxy) is 1. The van der Waals surface area contributed by atoms with Crippen molar-refractivity contribution in [2.45, 2.75) is 31.2 Å². The van der Waals surface area contributed by atoms with Gasteiger partial charge in [-0.05, 0) is 44.5 Å². The molecule has 28 heavy (non-hydrogen) atoms. The van der Waals surface area contributed by atoms with Gasteiger partial charge in [-0.15, -0.1) is 10.2 Å². The van der Waals surface area contributed by atoms with E-state index in [4.69, 9.17) is 20.8 Å². The standard InChI is InChI=1S/C20H20ClN3O3S/c1-11-5-7-14(8-6-11)19-23-24-20(27-19)28-13(3)18(25)22-16-9-12(2)15(21)10-17(16)26-4/h5-10,13H,1-4H3,(H,22,25)/t13-/m0/s1. The highest BCUT2D eigenvalue weighted by Crippen LogP contribution is 2.32. The molecule has 1 N–H and O–H groups in total. The van der Waals surface area contributed by atoms with Crippen LogP contribution >= 0.6 is 23.4 Å². The van der Waals surface area contributed by atoms with Gasteiger partial charge in [-0.25, -0.2) is 0 Å². The molecule has 1 heterocycles. The second-order valence-electron chi connectivity index (χ2n) is 6.29. The lowest BCUT2D eigenvalue weighted by atomic mass is 10.1. The highest BCUT2D eigenvalue weighted by molar-refractivity contribution is 8.00. The molecule has 2 aromatic carbocycles. The second-order valence-corrected chi connectivity index (χ2v) is 7.99. The molecule has 0 saturated carbocycles. The van der Waals surface area contributed by atoms with E-state index in [0.717, 1.165) is 16.7 Å². The van der Waals surface area contributed by atoms with Gasteiger partial charge in [-0.3, -0.25) is 4.79 Å². The Morgan fingerprint density at radius 2 is 1.93 bits per heavy atom. The first kappa shape index (κ1) is 20.2. The van der Waals surface area contributed by atoms with Gasteiger partial charge >= 0.3 is 0 Å². The average Bonchev–Trinajstić information content (AvgIpc) is 3.13. The van der Waals surface area contributed by atoms with Gasteiger partial charge in [0.05, 0.1) is 18.0 Å². The van der Waals surface area contributed by atoms with Crippen molar-refractivity contribution in [3.63, 3.8) is 0 Å². The SMILES string of the molecule is COc1cc(Cl)c(C)cc1NC(=O)[C@H](C)Sc1nnc(-c2ccc(C)cc2)o1. The van der Waals surface area contributed by atoms with E-state index in [0.29, 0.717) is 27.6 Å². The Morgan fingerprint density at radius 3 is 2.61 bits per heavy atom. The van der Waals surface area contributed by atoms with Crippen LogP contribution in [0.5, 0.6) is 5.75 Å². The molecule has 1 amide bonds. The number of methoxy groups -OCH3 is 1. The van der Waals surface area contributed by atoms with Crippen LogP contribution in [0.4, 0.5) is 5.69 Å². The molecule has 6 nitrogen and oxygen atoms in total. The molecular weight excluding hydrogens is 398 g/mol. The summed E-state index contributed by atoms with van der Waals surface area (Å²) in [7, 11) is 1.53. The number of thioether (sulfide) groups is 1. The summed E-state index contributed by atoms with van der Waals surface area (Å²) in [5, 5.41) is 11.4. The zero-order valence-corrected chi connectivity index (χ0v) is 17.5. The molecule has 1 atom stereocenters. The molecule has 146 valence electrons. The third-order valence-electron chi connectivity index (χ3n) is 4.09. The van der Waals surface area contributed by atoms with Gasteiger partial charge in [0.25, 0.3) is 5.22 Å². The minimum absolute atomic E-state index is 0.208. The molecule has 0 aliphatic heterocycles. The number of anilines is 1. The van der Waals surface area contributed by atoms with Gasteiger partial charge in [0.1, 0.15) is 5.75 Å². The summed E-state index contributed by atoms with van der Waals surface area (Å²) in [6, 6.07) is 11.2. The predicted octanol–water partition coefficient (Wildman–Crippen LogP) is 5.13. The smallest absolute Gasteiger partial charge is 0.277 e. The summed E-state index contributed by atoms with van der Waals surface area (Å²) >= 11 is 7.30. The van der Waals surface area contributed by atoms with Crippen molar-refractivity contribution >= 4 is 35.0 Å². The first-order valence-electron chi connectivity index (χ1n) is 8.59. The van der Waals surface area contributed by atoms with Crippen molar-refractivity contribution in [1.82, 2.24) is 10.2 Å². The van der Waals surface area contributed by atoms with Crippen LogP contribution in [0.2, 0.25) is 5.02 Å². The Kier molecular flexibility index (Phi) is 6.26. The highest BCUT2D eigenvalue weighted by atomic mass is 35.5. The number of nitrogens with one attached hydrogen (secondary N) is 1. The number of halogens is 1. The average molecular weight is 418 g/mol. The number of rotatable bonds is 6. The van der Waals surface area contributed by atoms with Crippen LogP contribution in [0.25, 0.3) is 11.5 Å². The van der Waals surface area contributed by atoms with E-state index in [2.05, 4.69) is 15.5 Å². The fraction of sp³-hybridized carbons (Fsp3) is 0.250. The fourth-order valence-electron chi connectivity index (χ4n) is 2.44. The van der Waals surface area contributed by atoms with Crippen LogP contribution in [0.15, 0.2) is 46.0 Å². The summed E-state index contributed by atoms with van der Waals surface area (Å²) in [6.07, 6.45) is 0. The molecule has 3 rings (SSSR count). The molecule has 0 aliphatic carbocycles. The van der Waals surface area contributed by atoms with Crippen LogP contribution in [0.1, 0.15) is 18.1 Å². The van der Waals surface area contributed by atoms with Crippen LogP contribution in [-0.2, 0) is 4.79 Å². The van der Waals surface area contributed by atoms with E-state index in [1.807, 2.05) is 38.1 Å². The molecule has 0 radical (unpaired) electrons. The van der Waals surface area contributed by atoms with Crippen molar-refractivity contribution < 1.29 is 13.9 Å². The van der Waals surface area contributed by atoms with Crippen LogP contribution in [-0.4, -0.2) is 28.5 Å². The van der Waals surface area contributed by atoms with E-state index in [1.165, 1.54) is 18.9 Å². The Labute approximate surface area is 172 Å². The Hall–Kier alpha value is -2.51. The van der Waals surface area contributed by atoms with E-state index in [-0.39, 0.29) is 5.91 Å². The Balaban J connectivity index is 1.68. The normalized spacial score (nSPS) is 11.9. The Bertz CT molecular complexity index is 989. The zero-order chi connectivity index (χ0) is 20.3. The second kappa shape index (κ2) is 8.67. The summed E-state index contributed by atoms with van der Waals surface area (Å²) in [6.45, 7) is 5.64. The van der Waals surface area contributed by atoms with Crippen LogP contribution in [0.3, 0.4) is 0 Å². The molecule has 0 saturated heterocycles. The first-order valence-corrected chi connectivity index (χ1v) is 9.85. The monoisotopic (exact) mass is 417 g/mol. The summed E-state index contributed by atoms with van der Waals surface area (Å²) in [5.41, 5.74) is 3.39. The van der Waals surface area contributed by atoms with Gasteiger partial charge in [-0.1, -0.05) is 41.1 Å². The maximum absolute atomic E-state index is 12.6. The number of carbonyl (C=O) groups is 1. The van der Waals surface area contributed by atoms with E-state index in [9.17, 15) is 4.79 Å².